The van der Waals surface area contributed by atoms with Crippen LogP contribution in [0.3, 0.4) is 0 Å². The van der Waals surface area contributed by atoms with E-state index in [1.54, 1.807) is 12.1 Å². The van der Waals surface area contributed by atoms with E-state index in [2.05, 4.69) is 4.98 Å². The highest BCUT2D eigenvalue weighted by Gasteiger charge is 2.09. The zero-order valence-corrected chi connectivity index (χ0v) is 7.90. The Morgan fingerprint density at radius 2 is 1.60 bits per heavy atom. The zero-order chi connectivity index (χ0) is 10.7. The van der Waals surface area contributed by atoms with Gasteiger partial charge in [-0.3, -0.25) is 0 Å². The lowest BCUT2D eigenvalue weighted by Gasteiger charge is -2.03. The van der Waals surface area contributed by atoms with Crippen LogP contribution in [0.4, 0.5) is 8.78 Å². The van der Waals surface area contributed by atoms with E-state index in [0.717, 1.165) is 5.56 Å². The molecule has 0 bridgehead atoms. The summed E-state index contributed by atoms with van der Waals surface area (Å²) in [6.07, 6.45) is -2.52. The van der Waals surface area contributed by atoms with Crippen LogP contribution in [0.2, 0.25) is 0 Å². The molecule has 0 spiro atoms. The number of alkyl halides is 2. The Bertz CT molecular complexity index is 440. The van der Waals surface area contributed by atoms with Gasteiger partial charge in [0.25, 0.3) is 6.43 Å². The summed E-state index contributed by atoms with van der Waals surface area (Å²) in [5, 5.41) is 0. The van der Waals surface area contributed by atoms with Crippen molar-refractivity contribution in [3.05, 3.63) is 54.2 Å². The molecule has 15 heavy (non-hydrogen) atoms. The summed E-state index contributed by atoms with van der Waals surface area (Å²) in [7, 11) is 0. The lowest BCUT2D eigenvalue weighted by atomic mass is 10.1. The Morgan fingerprint density at radius 1 is 0.867 bits per heavy atom. The number of halogens is 2. The van der Waals surface area contributed by atoms with Gasteiger partial charge in [-0.05, 0) is 12.1 Å². The molecular formula is C12H9F2N. The molecule has 0 saturated heterocycles. The van der Waals surface area contributed by atoms with Crippen LogP contribution in [0, 0.1) is 0 Å². The highest BCUT2D eigenvalue weighted by atomic mass is 19.3. The van der Waals surface area contributed by atoms with E-state index >= 15 is 0 Å². The first-order chi connectivity index (χ1) is 7.27. The van der Waals surface area contributed by atoms with E-state index in [1.807, 2.05) is 30.3 Å². The highest BCUT2D eigenvalue weighted by Crippen LogP contribution is 2.21. The molecule has 1 aromatic heterocycles. The minimum absolute atomic E-state index is 0.184. The first-order valence-electron chi connectivity index (χ1n) is 4.58. The maximum absolute atomic E-state index is 12.4. The number of nitrogens with zero attached hydrogens (tertiary/aromatic N) is 1. The number of rotatable bonds is 2. The van der Waals surface area contributed by atoms with Gasteiger partial charge in [-0.1, -0.05) is 36.4 Å². The summed E-state index contributed by atoms with van der Waals surface area (Å²) in [5.41, 5.74) is 1.24. The van der Waals surface area contributed by atoms with E-state index in [-0.39, 0.29) is 5.69 Å². The molecule has 0 aliphatic heterocycles. The molecular weight excluding hydrogens is 196 g/mol. The minimum Gasteiger partial charge on any atom is -0.247 e. The fourth-order valence-corrected chi connectivity index (χ4v) is 1.34. The molecule has 0 radical (unpaired) electrons. The number of pyridine rings is 1. The standard InChI is InChI=1S/C12H9F2N/c13-12(14)11-8-4-7-10(15-11)9-5-2-1-3-6-9/h1-8,12H. The molecule has 2 aromatic rings. The predicted molar refractivity (Wildman–Crippen MR) is 54.6 cm³/mol. The second-order valence-electron chi connectivity index (χ2n) is 3.11. The molecule has 0 fully saturated rings. The van der Waals surface area contributed by atoms with Crippen LogP contribution in [0.25, 0.3) is 11.3 Å². The van der Waals surface area contributed by atoms with Crippen LogP contribution in [-0.2, 0) is 0 Å². The average molecular weight is 205 g/mol. The van der Waals surface area contributed by atoms with Crippen molar-refractivity contribution in [2.24, 2.45) is 0 Å². The summed E-state index contributed by atoms with van der Waals surface area (Å²) in [4.78, 5) is 3.89. The van der Waals surface area contributed by atoms with E-state index < -0.39 is 6.43 Å². The van der Waals surface area contributed by atoms with Gasteiger partial charge in [0.2, 0.25) is 0 Å². The maximum atomic E-state index is 12.4. The topological polar surface area (TPSA) is 12.9 Å². The largest absolute Gasteiger partial charge is 0.280 e. The van der Waals surface area contributed by atoms with Gasteiger partial charge in [0.1, 0.15) is 5.69 Å². The van der Waals surface area contributed by atoms with Gasteiger partial charge < -0.3 is 0 Å². The lowest BCUT2D eigenvalue weighted by molar-refractivity contribution is 0.146. The second kappa shape index (κ2) is 4.17. The molecule has 1 nitrogen and oxygen atoms in total. The molecule has 0 amide bonds. The Labute approximate surface area is 86.4 Å². The van der Waals surface area contributed by atoms with E-state index in [9.17, 15) is 8.78 Å². The molecule has 0 N–H and O–H groups in total. The monoisotopic (exact) mass is 205 g/mol. The second-order valence-corrected chi connectivity index (χ2v) is 3.11. The van der Waals surface area contributed by atoms with Crippen molar-refractivity contribution in [3.8, 4) is 11.3 Å². The van der Waals surface area contributed by atoms with Crippen LogP contribution >= 0.6 is 0 Å². The van der Waals surface area contributed by atoms with Crippen LogP contribution in [0.1, 0.15) is 12.1 Å². The Hall–Kier alpha value is -1.77. The normalized spacial score (nSPS) is 10.6. The first kappa shape index (κ1) is 9.77. The van der Waals surface area contributed by atoms with Crippen LogP contribution in [-0.4, -0.2) is 4.98 Å². The third kappa shape index (κ3) is 2.18. The molecule has 0 aliphatic rings. The SMILES string of the molecule is FC(F)c1cccc(-c2ccccc2)n1. The number of benzene rings is 1. The molecule has 1 aromatic carbocycles. The van der Waals surface area contributed by atoms with Crippen LogP contribution in [0.15, 0.2) is 48.5 Å². The number of hydrogen-bond acceptors (Lipinski definition) is 1. The minimum atomic E-state index is -2.52. The van der Waals surface area contributed by atoms with Gasteiger partial charge in [0.15, 0.2) is 0 Å². The molecule has 0 atom stereocenters. The molecule has 1 heterocycles. The number of hydrogen-bond donors (Lipinski definition) is 0. The average Bonchev–Trinajstić information content (AvgIpc) is 2.30. The quantitative estimate of drug-likeness (QED) is 0.728. The fourth-order valence-electron chi connectivity index (χ4n) is 1.34. The van der Waals surface area contributed by atoms with Gasteiger partial charge in [0.05, 0.1) is 5.69 Å². The number of aromatic nitrogens is 1. The van der Waals surface area contributed by atoms with Gasteiger partial charge in [-0.15, -0.1) is 0 Å². The molecule has 2 rings (SSSR count). The van der Waals surface area contributed by atoms with Crippen molar-refractivity contribution in [1.82, 2.24) is 4.98 Å². The summed E-state index contributed by atoms with van der Waals surface area (Å²) < 4.78 is 24.8. The summed E-state index contributed by atoms with van der Waals surface area (Å²) in [6, 6.07) is 13.9. The van der Waals surface area contributed by atoms with Crippen LogP contribution in [0.5, 0.6) is 0 Å². The predicted octanol–water partition coefficient (Wildman–Crippen LogP) is 3.69. The third-order valence-electron chi connectivity index (χ3n) is 2.06. The van der Waals surface area contributed by atoms with Crippen molar-refractivity contribution in [1.29, 1.82) is 0 Å². The molecule has 3 heteroatoms. The third-order valence-corrected chi connectivity index (χ3v) is 2.06. The Kier molecular flexibility index (Phi) is 2.72. The smallest absolute Gasteiger partial charge is 0.247 e. The fraction of sp³-hybridized carbons (Fsp3) is 0.0833. The maximum Gasteiger partial charge on any atom is 0.280 e. The van der Waals surface area contributed by atoms with Crippen molar-refractivity contribution >= 4 is 0 Å². The van der Waals surface area contributed by atoms with Crippen LogP contribution < -0.4 is 0 Å². The van der Waals surface area contributed by atoms with Gasteiger partial charge >= 0.3 is 0 Å². The van der Waals surface area contributed by atoms with E-state index in [0.29, 0.717) is 5.69 Å². The van der Waals surface area contributed by atoms with Crippen molar-refractivity contribution in [3.63, 3.8) is 0 Å². The van der Waals surface area contributed by atoms with E-state index in [1.165, 1.54) is 6.07 Å². The van der Waals surface area contributed by atoms with Crippen molar-refractivity contribution in [2.45, 2.75) is 6.43 Å². The summed E-state index contributed by atoms with van der Waals surface area (Å²) in [6.45, 7) is 0. The van der Waals surface area contributed by atoms with Crippen molar-refractivity contribution < 1.29 is 8.78 Å². The highest BCUT2D eigenvalue weighted by molar-refractivity contribution is 5.58. The molecule has 76 valence electrons. The van der Waals surface area contributed by atoms with Crippen molar-refractivity contribution in [2.75, 3.05) is 0 Å². The molecule has 0 unspecified atom stereocenters. The Balaban J connectivity index is 2.42. The first-order valence-corrected chi connectivity index (χ1v) is 4.58. The molecule has 0 aliphatic carbocycles. The lowest BCUT2D eigenvalue weighted by Crippen LogP contribution is -1.91. The summed E-state index contributed by atoms with van der Waals surface area (Å²) >= 11 is 0. The van der Waals surface area contributed by atoms with Gasteiger partial charge in [-0.2, -0.15) is 0 Å². The van der Waals surface area contributed by atoms with Gasteiger partial charge in [-0.25, -0.2) is 13.8 Å². The zero-order valence-electron chi connectivity index (χ0n) is 7.90. The van der Waals surface area contributed by atoms with Gasteiger partial charge in [0, 0.05) is 5.56 Å². The summed E-state index contributed by atoms with van der Waals surface area (Å²) in [5.74, 6) is 0. The Morgan fingerprint density at radius 3 is 2.27 bits per heavy atom. The van der Waals surface area contributed by atoms with E-state index in [4.69, 9.17) is 0 Å². The molecule has 0 saturated carbocycles.